The number of rotatable bonds is 3. The highest BCUT2D eigenvalue weighted by Crippen LogP contribution is 2.46. The zero-order valence-electron chi connectivity index (χ0n) is 13.7. The van der Waals surface area contributed by atoms with E-state index >= 15 is 0 Å². The number of carbonyl (C=O) groups is 1. The second kappa shape index (κ2) is 5.81. The van der Waals surface area contributed by atoms with Crippen molar-refractivity contribution in [2.75, 3.05) is 18.8 Å². The smallest absolute Gasteiger partial charge is 0.259 e. The van der Waals surface area contributed by atoms with Crippen LogP contribution in [0.25, 0.3) is 0 Å². The summed E-state index contributed by atoms with van der Waals surface area (Å²) in [5.41, 5.74) is 1.27. The molecule has 1 amide bonds. The topological polar surface area (TPSA) is 68.5 Å². The van der Waals surface area contributed by atoms with Gasteiger partial charge >= 0.3 is 0 Å². The summed E-state index contributed by atoms with van der Waals surface area (Å²) in [5.74, 6) is 2.22. The molecule has 0 N–H and O–H groups in total. The normalized spacial score (nSPS) is 21.8. The molecular formula is C17H19N3O3S. The van der Waals surface area contributed by atoms with Crippen LogP contribution in [0.3, 0.4) is 0 Å². The number of hydrogen-bond acceptors (Lipinski definition) is 6. The maximum atomic E-state index is 12.6. The van der Waals surface area contributed by atoms with Gasteiger partial charge in [-0.2, -0.15) is 0 Å². The van der Waals surface area contributed by atoms with Gasteiger partial charge in [0.15, 0.2) is 0 Å². The number of carbonyl (C=O) groups excluding carboxylic acids is 1. The molecule has 4 heterocycles. The summed E-state index contributed by atoms with van der Waals surface area (Å²) in [4.78, 5) is 18.7. The van der Waals surface area contributed by atoms with Gasteiger partial charge in [0.2, 0.25) is 5.88 Å². The molecule has 126 valence electrons. The molecule has 0 aromatic carbocycles. The molecule has 2 aromatic heterocycles. The summed E-state index contributed by atoms with van der Waals surface area (Å²) in [7, 11) is 0. The molecule has 6 nitrogen and oxygen atoms in total. The maximum absolute atomic E-state index is 12.6. The first kappa shape index (κ1) is 15.5. The van der Waals surface area contributed by atoms with Crippen LogP contribution in [0.15, 0.2) is 28.9 Å². The van der Waals surface area contributed by atoms with Crippen molar-refractivity contribution in [3.63, 3.8) is 0 Å². The Kier molecular flexibility index (Phi) is 3.75. The summed E-state index contributed by atoms with van der Waals surface area (Å²) in [5, 5.41) is 3.87. The standard InChI is InChI=1S/C17H19N3O3S/c1-11-15(12(2)23-19-11)16(21)20-9-17(10-20)7-13(8-24-17)22-14-5-3-4-6-18-14/h3-6,13H,7-10H2,1-2H3. The first-order valence-electron chi connectivity index (χ1n) is 8.00. The minimum Gasteiger partial charge on any atom is -0.473 e. The molecule has 2 aromatic rings. The highest BCUT2D eigenvalue weighted by molar-refractivity contribution is 8.01. The van der Waals surface area contributed by atoms with Crippen LogP contribution in [0.2, 0.25) is 0 Å². The van der Waals surface area contributed by atoms with E-state index in [1.165, 1.54) is 0 Å². The van der Waals surface area contributed by atoms with Gasteiger partial charge in [0.1, 0.15) is 17.4 Å². The number of hydrogen-bond donors (Lipinski definition) is 0. The lowest BCUT2D eigenvalue weighted by molar-refractivity contribution is 0.0513. The van der Waals surface area contributed by atoms with Crippen LogP contribution < -0.4 is 4.74 Å². The molecule has 1 atom stereocenters. The third-order valence-electron chi connectivity index (χ3n) is 4.59. The minimum atomic E-state index is 0.0200. The number of aryl methyl sites for hydroxylation is 2. The van der Waals surface area contributed by atoms with Crippen molar-refractivity contribution >= 4 is 17.7 Å². The van der Waals surface area contributed by atoms with Crippen molar-refractivity contribution in [3.05, 3.63) is 41.4 Å². The molecule has 1 unspecified atom stereocenters. The Bertz CT molecular complexity index is 736. The maximum Gasteiger partial charge on any atom is 0.259 e. The number of aromatic nitrogens is 2. The number of amides is 1. The first-order valence-corrected chi connectivity index (χ1v) is 8.99. The monoisotopic (exact) mass is 345 g/mol. The van der Waals surface area contributed by atoms with E-state index in [0.29, 0.717) is 22.9 Å². The number of pyridine rings is 1. The lowest BCUT2D eigenvalue weighted by Crippen LogP contribution is -2.61. The Morgan fingerprint density at radius 3 is 2.92 bits per heavy atom. The van der Waals surface area contributed by atoms with Crippen LogP contribution in [0.4, 0.5) is 0 Å². The molecule has 0 saturated carbocycles. The largest absolute Gasteiger partial charge is 0.473 e. The summed E-state index contributed by atoms with van der Waals surface area (Å²) in [6, 6.07) is 5.68. The number of ether oxygens (including phenoxy) is 1. The predicted octanol–water partition coefficient (Wildman–Crippen LogP) is 2.47. The third-order valence-corrected chi connectivity index (χ3v) is 6.17. The summed E-state index contributed by atoms with van der Waals surface area (Å²) < 4.78 is 11.2. The van der Waals surface area contributed by atoms with Gasteiger partial charge in [-0.25, -0.2) is 4.98 Å². The Morgan fingerprint density at radius 1 is 1.42 bits per heavy atom. The molecule has 7 heteroatoms. The van der Waals surface area contributed by atoms with Crippen molar-refractivity contribution in [1.29, 1.82) is 0 Å². The van der Waals surface area contributed by atoms with E-state index in [1.807, 2.05) is 34.9 Å². The van der Waals surface area contributed by atoms with E-state index in [0.717, 1.165) is 25.3 Å². The molecule has 2 saturated heterocycles. The second-order valence-electron chi connectivity index (χ2n) is 6.47. The van der Waals surface area contributed by atoms with Crippen molar-refractivity contribution in [2.45, 2.75) is 31.1 Å². The third kappa shape index (κ3) is 2.66. The van der Waals surface area contributed by atoms with Crippen molar-refractivity contribution < 1.29 is 14.1 Å². The lowest BCUT2D eigenvalue weighted by atomic mass is 9.92. The van der Waals surface area contributed by atoms with E-state index in [1.54, 1.807) is 20.0 Å². The summed E-state index contributed by atoms with van der Waals surface area (Å²) in [6.07, 6.45) is 2.83. The molecule has 0 aliphatic carbocycles. The molecular weight excluding hydrogens is 326 g/mol. The predicted molar refractivity (Wildman–Crippen MR) is 90.3 cm³/mol. The Balaban J connectivity index is 1.36. The Morgan fingerprint density at radius 2 is 2.25 bits per heavy atom. The fraction of sp³-hybridized carbons (Fsp3) is 0.471. The van der Waals surface area contributed by atoms with Crippen LogP contribution in [0, 0.1) is 13.8 Å². The zero-order valence-corrected chi connectivity index (χ0v) is 14.5. The molecule has 0 bridgehead atoms. The van der Waals surface area contributed by atoms with Gasteiger partial charge in [0, 0.05) is 37.5 Å². The molecule has 4 rings (SSSR count). The molecule has 24 heavy (non-hydrogen) atoms. The number of nitrogens with zero attached hydrogens (tertiary/aromatic N) is 3. The van der Waals surface area contributed by atoms with Crippen LogP contribution in [0.1, 0.15) is 28.2 Å². The number of likely N-dealkylation sites (tertiary alicyclic amines) is 1. The summed E-state index contributed by atoms with van der Waals surface area (Å²) >= 11 is 1.90. The van der Waals surface area contributed by atoms with Gasteiger partial charge in [0.05, 0.1) is 10.4 Å². The molecule has 2 aliphatic heterocycles. The van der Waals surface area contributed by atoms with Gasteiger partial charge in [-0.05, 0) is 19.9 Å². The van der Waals surface area contributed by atoms with Crippen LogP contribution in [0.5, 0.6) is 5.88 Å². The summed E-state index contributed by atoms with van der Waals surface area (Å²) in [6.45, 7) is 5.09. The van der Waals surface area contributed by atoms with Gasteiger partial charge in [0.25, 0.3) is 5.91 Å². The van der Waals surface area contributed by atoms with E-state index < -0.39 is 0 Å². The van der Waals surface area contributed by atoms with Crippen LogP contribution >= 0.6 is 11.8 Å². The van der Waals surface area contributed by atoms with Crippen molar-refractivity contribution in [3.8, 4) is 5.88 Å². The van der Waals surface area contributed by atoms with Gasteiger partial charge in [-0.3, -0.25) is 4.79 Å². The average molecular weight is 345 g/mol. The van der Waals surface area contributed by atoms with Gasteiger partial charge in [-0.15, -0.1) is 11.8 Å². The van der Waals surface area contributed by atoms with Gasteiger partial charge < -0.3 is 14.2 Å². The Labute approximate surface area is 144 Å². The highest BCUT2D eigenvalue weighted by atomic mass is 32.2. The fourth-order valence-corrected chi connectivity index (χ4v) is 4.95. The quantitative estimate of drug-likeness (QED) is 0.851. The SMILES string of the molecule is Cc1noc(C)c1C(=O)N1CC2(CC(Oc3ccccn3)CS2)C1. The van der Waals surface area contributed by atoms with E-state index in [9.17, 15) is 4.79 Å². The van der Waals surface area contributed by atoms with Crippen LogP contribution in [-0.4, -0.2) is 50.6 Å². The second-order valence-corrected chi connectivity index (χ2v) is 7.95. The molecule has 0 radical (unpaired) electrons. The van der Waals surface area contributed by atoms with Crippen LogP contribution in [-0.2, 0) is 0 Å². The minimum absolute atomic E-state index is 0.0200. The van der Waals surface area contributed by atoms with Gasteiger partial charge in [-0.1, -0.05) is 11.2 Å². The fourth-order valence-electron chi connectivity index (χ4n) is 3.43. The van der Waals surface area contributed by atoms with Crippen molar-refractivity contribution in [1.82, 2.24) is 15.0 Å². The molecule has 1 spiro atoms. The zero-order chi connectivity index (χ0) is 16.7. The van der Waals surface area contributed by atoms with Crippen molar-refractivity contribution in [2.24, 2.45) is 0 Å². The number of thioether (sulfide) groups is 1. The van der Waals surface area contributed by atoms with E-state index in [2.05, 4.69) is 10.1 Å². The average Bonchev–Trinajstić information content (AvgIpc) is 3.10. The Hall–Kier alpha value is -2.02. The van der Waals surface area contributed by atoms with E-state index in [-0.39, 0.29) is 16.8 Å². The molecule has 2 aliphatic rings. The highest BCUT2D eigenvalue weighted by Gasteiger charge is 2.51. The van der Waals surface area contributed by atoms with E-state index in [4.69, 9.17) is 9.26 Å². The first-order chi connectivity index (χ1) is 11.6. The lowest BCUT2D eigenvalue weighted by Gasteiger charge is -2.47. The molecule has 2 fully saturated rings.